The Kier molecular flexibility index (Phi) is 6.33. The fourth-order valence-corrected chi connectivity index (χ4v) is 4.31. The smallest absolute Gasteiger partial charge is 0.312 e. The predicted octanol–water partition coefficient (Wildman–Crippen LogP) is 3.02. The summed E-state index contributed by atoms with van der Waals surface area (Å²) in [5.41, 5.74) is 7.11. The minimum atomic E-state index is -0.765. The van der Waals surface area contributed by atoms with Crippen LogP contribution in [0.15, 0.2) is 53.0 Å². The summed E-state index contributed by atoms with van der Waals surface area (Å²) in [5.74, 6) is -2.28. The van der Waals surface area contributed by atoms with Gasteiger partial charge in [0, 0.05) is 22.7 Å². The van der Waals surface area contributed by atoms with Crippen molar-refractivity contribution in [1.29, 1.82) is 5.26 Å². The number of nitriles is 1. The molecular weight excluding hydrogens is 402 g/mol. The van der Waals surface area contributed by atoms with Gasteiger partial charge < -0.3 is 15.4 Å². The molecule has 0 spiro atoms. The molecule has 2 aromatic rings. The highest BCUT2D eigenvalue weighted by Crippen LogP contribution is 2.43. The Morgan fingerprint density at radius 3 is 2.57 bits per heavy atom. The minimum Gasteiger partial charge on any atom is -0.457 e. The van der Waals surface area contributed by atoms with Crippen LogP contribution in [-0.2, 0) is 19.1 Å². The molecule has 1 aromatic carbocycles. The van der Waals surface area contributed by atoms with Crippen molar-refractivity contribution in [2.75, 3.05) is 11.5 Å². The maximum absolute atomic E-state index is 12.9. The molecule has 0 saturated carbocycles. The molecule has 154 valence electrons. The van der Waals surface area contributed by atoms with Crippen molar-refractivity contribution in [2.24, 2.45) is 11.7 Å². The molecule has 1 aromatic heterocycles. The average Bonchev–Trinajstić information content (AvgIpc) is 3.34. The number of benzene rings is 1. The van der Waals surface area contributed by atoms with Crippen LogP contribution in [0.25, 0.3) is 0 Å². The second-order valence-corrected chi connectivity index (χ2v) is 8.05. The summed E-state index contributed by atoms with van der Waals surface area (Å²) in [6.07, 6.45) is -0.0275. The number of carbonyl (C=O) groups is 3. The number of aryl methyl sites for hydroxylation is 1. The molecule has 0 bridgehead atoms. The Hall–Kier alpha value is -3.44. The second kappa shape index (κ2) is 8.93. The normalized spacial score (nSPS) is 19.2. The zero-order valence-electron chi connectivity index (χ0n) is 16.6. The van der Waals surface area contributed by atoms with Gasteiger partial charge in [0.2, 0.25) is 11.7 Å². The van der Waals surface area contributed by atoms with Gasteiger partial charge in [-0.15, -0.1) is 11.3 Å². The van der Waals surface area contributed by atoms with Crippen LogP contribution >= 0.6 is 11.3 Å². The Balaban J connectivity index is 1.85. The number of carbonyl (C=O) groups excluding carboxylic acids is 3. The lowest BCUT2D eigenvalue weighted by atomic mass is 9.98. The Bertz CT molecular complexity index is 1030. The SMILES string of the molecule is C/C(N)=C(\C#N)C(=O)COC(=O)[C@H]1CC(=O)N(c2ccc(C)cc2)[C@H]1c1cccs1. The van der Waals surface area contributed by atoms with Crippen molar-refractivity contribution >= 4 is 34.7 Å². The lowest BCUT2D eigenvalue weighted by Gasteiger charge is -2.27. The first kappa shape index (κ1) is 21.3. The van der Waals surface area contributed by atoms with Gasteiger partial charge in [-0.2, -0.15) is 5.26 Å². The van der Waals surface area contributed by atoms with Gasteiger partial charge in [0.15, 0.2) is 6.61 Å². The van der Waals surface area contributed by atoms with Crippen LogP contribution in [0.5, 0.6) is 0 Å². The maximum Gasteiger partial charge on any atom is 0.312 e. The fourth-order valence-electron chi connectivity index (χ4n) is 3.43. The van der Waals surface area contributed by atoms with Gasteiger partial charge in [-0.25, -0.2) is 0 Å². The van der Waals surface area contributed by atoms with Crippen LogP contribution in [0.2, 0.25) is 0 Å². The highest BCUT2D eigenvalue weighted by molar-refractivity contribution is 7.10. The van der Waals surface area contributed by atoms with E-state index in [4.69, 9.17) is 15.7 Å². The molecule has 0 aliphatic carbocycles. The first-order valence-electron chi connectivity index (χ1n) is 9.32. The molecule has 2 N–H and O–H groups in total. The van der Waals surface area contributed by atoms with Crippen molar-refractivity contribution < 1.29 is 19.1 Å². The third-order valence-corrected chi connectivity index (χ3v) is 5.85. The van der Waals surface area contributed by atoms with Gasteiger partial charge in [-0.3, -0.25) is 14.4 Å². The second-order valence-electron chi connectivity index (χ2n) is 7.07. The molecule has 1 aliphatic heterocycles. The maximum atomic E-state index is 12.9. The number of nitrogens with zero attached hydrogens (tertiary/aromatic N) is 2. The molecular formula is C22H21N3O4S. The molecule has 1 amide bonds. The number of hydrogen-bond donors (Lipinski definition) is 1. The molecule has 1 fully saturated rings. The van der Waals surface area contributed by atoms with E-state index >= 15 is 0 Å². The van der Waals surface area contributed by atoms with E-state index in [1.54, 1.807) is 11.0 Å². The summed E-state index contributed by atoms with van der Waals surface area (Å²) in [6, 6.07) is 12.4. The van der Waals surface area contributed by atoms with E-state index in [1.165, 1.54) is 18.3 Å². The molecule has 1 aliphatic rings. The molecule has 2 atom stereocenters. The highest BCUT2D eigenvalue weighted by atomic mass is 32.1. The van der Waals surface area contributed by atoms with E-state index in [-0.39, 0.29) is 23.6 Å². The quantitative estimate of drug-likeness (QED) is 0.434. The molecule has 30 heavy (non-hydrogen) atoms. The van der Waals surface area contributed by atoms with Gasteiger partial charge in [0.1, 0.15) is 11.6 Å². The van der Waals surface area contributed by atoms with Crippen molar-refractivity contribution in [2.45, 2.75) is 26.3 Å². The highest BCUT2D eigenvalue weighted by Gasteiger charge is 2.46. The number of hydrogen-bond acceptors (Lipinski definition) is 7. The number of nitrogens with two attached hydrogens (primary N) is 1. The number of rotatable bonds is 6. The van der Waals surface area contributed by atoms with Crippen molar-refractivity contribution in [3.8, 4) is 6.07 Å². The van der Waals surface area contributed by atoms with Crippen molar-refractivity contribution in [3.63, 3.8) is 0 Å². The molecule has 1 saturated heterocycles. The standard InChI is InChI=1S/C22H21N3O4S/c1-13-5-7-15(8-6-13)25-20(27)10-16(21(25)19-4-3-9-30-19)22(28)29-12-18(26)17(11-23)14(2)24/h3-9,16,21H,10,12,24H2,1-2H3/b17-14-/t16-,21+/m0/s1. The van der Waals surface area contributed by atoms with Crippen molar-refractivity contribution in [3.05, 3.63) is 63.5 Å². The van der Waals surface area contributed by atoms with Crippen LogP contribution in [0.4, 0.5) is 5.69 Å². The number of anilines is 1. The number of amides is 1. The number of ketones is 1. The minimum absolute atomic E-state index is 0.0275. The average molecular weight is 423 g/mol. The van der Waals surface area contributed by atoms with E-state index in [2.05, 4.69) is 0 Å². The van der Waals surface area contributed by atoms with Crippen LogP contribution in [0.3, 0.4) is 0 Å². The predicted molar refractivity (Wildman–Crippen MR) is 112 cm³/mol. The molecule has 7 nitrogen and oxygen atoms in total. The summed E-state index contributed by atoms with van der Waals surface area (Å²) in [6.45, 7) is 2.79. The van der Waals surface area contributed by atoms with Crippen LogP contribution < -0.4 is 10.6 Å². The van der Waals surface area contributed by atoms with E-state index in [0.717, 1.165) is 10.4 Å². The van der Waals surface area contributed by atoms with Gasteiger partial charge in [-0.05, 0) is 37.4 Å². The molecule has 2 heterocycles. The number of allylic oxidation sites excluding steroid dienone is 1. The summed E-state index contributed by atoms with van der Waals surface area (Å²) in [7, 11) is 0. The molecule has 3 rings (SSSR count). The van der Waals surface area contributed by atoms with Gasteiger partial charge in [0.05, 0.1) is 12.0 Å². The van der Waals surface area contributed by atoms with Gasteiger partial charge in [0.25, 0.3) is 0 Å². The third-order valence-electron chi connectivity index (χ3n) is 4.90. The molecule has 0 radical (unpaired) electrons. The summed E-state index contributed by atoms with van der Waals surface area (Å²) >= 11 is 1.45. The monoisotopic (exact) mass is 423 g/mol. The van der Waals surface area contributed by atoms with Crippen LogP contribution in [-0.4, -0.2) is 24.3 Å². The van der Waals surface area contributed by atoms with E-state index in [9.17, 15) is 14.4 Å². The number of Topliss-reactive ketones (excluding diaryl/α,β-unsaturated/α-hetero) is 1. The lowest BCUT2D eigenvalue weighted by molar-refractivity contribution is -0.151. The summed E-state index contributed by atoms with van der Waals surface area (Å²) in [5, 5.41) is 10.9. The number of ether oxygens (including phenoxy) is 1. The Morgan fingerprint density at radius 2 is 2.00 bits per heavy atom. The number of thiophene rings is 1. The van der Waals surface area contributed by atoms with Gasteiger partial charge >= 0.3 is 5.97 Å². The summed E-state index contributed by atoms with van der Waals surface area (Å²) in [4.78, 5) is 40.3. The van der Waals surface area contributed by atoms with Gasteiger partial charge in [-0.1, -0.05) is 23.8 Å². The Morgan fingerprint density at radius 1 is 1.30 bits per heavy atom. The fraction of sp³-hybridized carbons (Fsp3) is 0.273. The van der Waals surface area contributed by atoms with Crippen LogP contribution in [0.1, 0.15) is 29.8 Å². The molecule has 0 unspecified atom stereocenters. The molecule has 8 heteroatoms. The lowest BCUT2D eigenvalue weighted by Crippen LogP contribution is -2.31. The summed E-state index contributed by atoms with van der Waals surface area (Å²) < 4.78 is 5.20. The zero-order valence-corrected chi connectivity index (χ0v) is 17.4. The third kappa shape index (κ3) is 4.26. The zero-order chi connectivity index (χ0) is 21.8. The van der Waals surface area contributed by atoms with Crippen molar-refractivity contribution in [1.82, 2.24) is 0 Å². The Labute approximate surface area is 178 Å². The van der Waals surface area contributed by atoms with E-state index in [1.807, 2.05) is 48.7 Å². The first-order valence-corrected chi connectivity index (χ1v) is 10.2. The largest absolute Gasteiger partial charge is 0.457 e. The van der Waals surface area contributed by atoms with E-state index in [0.29, 0.717) is 5.69 Å². The topological polar surface area (TPSA) is 113 Å². The van der Waals surface area contributed by atoms with Crippen LogP contribution in [0, 0.1) is 24.2 Å². The number of esters is 1. The first-order chi connectivity index (χ1) is 14.3. The van der Waals surface area contributed by atoms with E-state index < -0.39 is 30.3 Å².